The van der Waals surface area contributed by atoms with Gasteiger partial charge in [0.2, 0.25) is 7.98 Å². The van der Waals surface area contributed by atoms with E-state index in [1.165, 1.54) is 6.07 Å². The first-order valence-electron chi connectivity index (χ1n) is 8.06. The Morgan fingerprint density at radius 2 is 1.54 bits per heavy atom. The molecule has 0 aliphatic heterocycles. The zero-order valence-corrected chi connectivity index (χ0v) is 14.8. The van der Waals surface area contributed by atoms with Gasteiger partial charge >= 0.3 is 10.1 Å². The Hall–Kier alpha value is -3.06. The standard InChI is InChI=1S/C19H15BN2O3S/c20-22-18-13-16(26(23,24)25-15-9-5-2-6-10-15)11-12-17(18)21-19(22)14-7-3-1-4-8-14/h1-13H,20H2. The van der Waals surface area contributed by atoms with Crippen LogP contribution in [0.15, 0.2) is 83.8 Å². The molecule has 0 aliphatic carbocycles. The topological polar surface area (TPSA) is 61.2 Å². The van der Waals surface area contributed by atoms with E-state index in [0.29, 0.717) is 0 Å². The molecule has 0 spiro atoms. The highest BCUT2D eigenvalue weighted by molar-refractivity contribution is 7.87. The second-order valence-electron chi connectivity index (χ2n) is 5.86. The Labute approximate surface area is 152 Å². The molecule has 0 amide bonds. The lowest BCUT2D eigenvalue weighted by molar-refractivity contribution is 0.486. The third-order valence-electron chi connectivity index (χ3n) is 4.12. The van der Waals surface area contributed by atoms with Gasteiger partial charge in [0.25, 0.3) is 0 Å². The molecule has 128 valence electrons. The Bertz CT molecular complexity index is 1170. The molecule has 4 rings (SSSR count). The summed E-state index contributed by atoms with van der Waals surface area (Å²) in [6, 6.07) is 23.0. The number of fused-ring (bicyclic) bond motifs is 1. The number of benzene rings is 3. The normalized spacial score (nSPS) is 11.5. The summed E-state index contributed by atoms with van der Waals surface area (Å²) in [6.07, 6.45) is 0. The van der Waals surface area contributed by atoms with Gasteiger partial charge in [-0.05, 0) is 30.3 Å². The molecule has 0 bridgehead atoms. The van der Waals surface area contributed by atoms with Crippen LogP contribution in [0.4, 0.5) is 0 Å². The van der Waals surface area contributed by atoms with Crippen molar-refractivity contribution in [3.05, 3.63) is 78.9 Å². The van der Waals surface area contributed by atoms with Gasteiger partial charge in [0.1, 0.15) is 16.5 Å². The highest BCUT2D eigenvalue weighted by Crippen LogP contribution is 2.26. The second-order valence-corrected chi connectivity index (χ2v) is 7.41. The van der Waals surface area contributed by atoms with Crippen molar-refractivity contribution < 1.29 is 12.6 Å². The summed E-state index contributed by atoms with van der Waals surface area (Å²) in [7, 11) is -2.05. The van der Waals surface area contributed by atoms with Crippen LogP contribution in [0.5, 0.6) is 5.75 Å². The molecular formula is C19H15BN2O3S. The van der Waals surface area contributed by atoms with E-state index in [4.69, 9.17) is 4.18 Å². The maximum absolute atomic E-state index is 12.6. The molecular weight excluding hydrogens is 347 g/mol. The number of para-hydroxylation sites is 1. The summed E-state index contributed by atoms with van der Waals surface area (Å²) in [4.78, 5) is 4.71. The van der Waals surface area contributed by atoms with E-state index >= 15 is 0 Å². The molecule has 1 aromatic heterocycles. The van der Waals surface area contributed by atoms with E-state index in [2.05, 4.69) is 4.98 Å². The van der Waals surface area contributed by atoms with Gasteiger partial charge in [-0.3, -0.25) is 0 Å². The van der Waals surface area contributed by atoms with E-state index in [1.54, 1.807) is 42.5 Å². The van der Waals surface area contributed by atoms with Crippen molar-refractivity contribution in [1.29, 1.82) is 0 Å². The molecule has 3 aromatic carbocycles. The van der Waals surface area contributed by atoms with Gasteiger partial charge in [0.05, 0.1) is 11.0 Å². The van der Waals surface area contributed by atoms with Crippen LogP contribution in [-0.4, -0.2) is 25.9 Å². The van der Waals surface area contributed by atoms with Crippen molar-refractivity contribution in [3.63, 3.8) is 0 Å². The quantitative estimate of drug-likeness (QED) is 0.414. The van der Waals surface area contributed by atoms with Gasteiger partial charge in [0.15, 0.2) is 0 Å². The molecule has 1 heterocycles. The summed E-state index contributed by atoms with van der Waals surface area (Å²) in [5.74, 6) is 1.06. The van der Waals surface area contributed by atoms with Gasteiger partial charge < -0.3 is 8.66 Å². The highest BCUT2D eigenvalue weighted by Gasteiger charge is 2.19. The van der Waals surface area contributed by atoms with Crippen LogP contribution in [0.2, 0.25) is 0 Å². The van der Waals surface area contributed by atoms with E-state index in [0.717, 1.165) is 22.4 Å². The Balaban J connectivity index is 1.77. The van der Waals surface area contributed by atoms with Crippen LogP contribution in [0.3, 0.4) is 0 Å². The van der Waals surface area contributed by atoms with E-state index < -0.39 is 10.1 Å². The van der Waals surface area contributed by atoms with Crippen molar-refractivity contribution >= 4 is 29.1 Å². The molecule has 26 heavy (non-hydrogen) atoms. The smallest absolute Gasteiger partial charge is 0.339 e. The molecule has 0 radical (unpaired) electrons. The SMILES string of the molecule is Bn1c(-c2ccccc2)nc2ccc(S(=O)(=O)Oc3ccccc3)cc21. The minimum Gasteiger partial charge on any atom is -0.379 e. The van der Waals surface area contributed by atoms with Gasteiger partial charge in [0, 0.05) is 5.56 Å². The number of nitrogens with zero attached hydrogens (tertiary/aromatic N) is 2. The van der Waals surface area contributed by atoms with E-state index in [-0.39, 0.29) is 10.6 Å². The van der Waals surface area contributed by atoms with Gasteiger partial charge in [-0.15, -0.1) is 0 Å². The summed E-state index contributed by atoms with van der Waals surface area (Å²) in [6.45, 7) is 0. The zero-order chi connectivity index (χ0) is 18.1. The Morgan fingerprint density at radius 1 is 0.885 bits per heavy atom. The van der Waals surface area contributed by atoms with Crippen molar-refractivity contribution in [2.75, 3.05) is 0 Å². The van der Waals surface area contributed by atoms with Crippen LogP contribution in [0.1, 0.15) is 0 Å². The molecule has 5 nitrogen and oxygen atoms in total. The number of aromatic nitrogens is 2. The zero-order valence-electron chi connectivity index (χ0n) is 14.0. The van der Waals surface area contributed by atoms with Gasteiger partial charge in [-0.25, -0.2) is 4.98 Å². The van der Waals surface area contributed by atoms with Crippen molar-refractivity contribution in [2.45, 2.75) is 4.90 Å². The van der Waals surface area contributed by atoms with E-state index in [1.807, 2.05) is 42.8 Å². The number of rotatable bonds is 4. The summed E-state index contributed by atoms with van der Waals surface area (Å²) in [5, 5.41) is 0. The van der Waals surface area contributed by atoms with Crippen molar-refractivity contribution in [3.8, 4) is 17.1 Å². The first kappa shape index (κ1) is 16.4. The monoisotopic (exact) mass is 362 g/mol. The average Bonchev–Trinajstić information content (AvgIpc) is 2.99. The predicted octanol–water partition coefficient (Wildman–Crippen LogP) is 2.87. The summed E-state index contributed by atoms with van der Waals surface area (Å²) in [5.41, 5.74) is 2.42. The lowest BCUT2D eigenvalue weighted by Gasteiger charge is -2.07. The number of hydrogen-bond acceptors (Lipinski definition) is 4. The minimum atomic E-state index is -3.92. The minimum absolute atomic E-state index is 0.0939. The highest BCUT2D eigenvalue weighted by atomic mass is 32.2. The van der Waals surface area contributed by atoms with Crippen LogP contribution in [-0.2, 0) is 10.1 Å². The fourth-order valence-corrected chi connectivity index (χ4v) is 3.77. The molecule has 7 heteroatoms. The summed E-state index contributed by atoms with van der Waals surface area (Å²) >= 11 is 0. The first-order valence-corrected chi connectivity index (χ1v) is 9.47. The molecule has 0 fully saturated rings. The molecule has 0 aliphatic rings. The van der Waals surface area contributed by atoms with Gasteiger partial charge in [-0.2, -0.15) is 8.42 Å². The third kappa shape index (κ3) is 2.97. The average molecular weight is 362 g/mol. The lowest BCUT2D eigenvalue weighted by Crippen LogP contribution is -2.09. The van der Waals surface area contributed by atoms with Crippen LogP contribution in [0.25, 0.3) is 22.4 Å². The van der Waals surface area contributed by atoms with Crippen molar-refractivity contribution in [2.24, 2.45) is 0 Å². The van der Waals surface area contributed by atoms with Crippen LogP contribution < -0.4 is 4.18 Å². The second kappa shape index (κ2) is 6.35. The largest absolute Gasteiger partial charge is 0.379 e. The summed E-state index contributed by atoms with van der Waals surface area (Å²) < 4.78 is 32.3. The van der Waals surface area contributed by atoms with Gasteiger partial charge in [-0.1, -0.05) is 48.5 Å². The molecule has 0 N–H and O–H groups in total. The molecule has 0 unspecified atom stereocenters. The Kier molecular flexibility index (Phi) is 4.01. The van der Waals surface area contributed by atoms with Crippen LogP contribution in [0, 0.1) is 0 Å². The maximum atomic E-state index is 12.6. The fraction of sp³-hybridized carbons (Fsp3) is 0. The number of hydrogen-bond donors (Lipinski definition) is 0. The Morgan fingerprint density at radius 3 is 2.23 bits per heavy atom. The number of imidazole rings is 1. The predicted molar refractivity (Wildman–Crippen MR) is 103 cm³/mol. The van der Waals surface area contributed by atoms with Crippen molar-refractivity contribution in [1.82, 2.24) is 9.46 Å². The first-order chi connectivity index (χ1) is 12.5. The fourth-order valence-electron chi connectivity index (χ4n) is 2.82. The van der Waals surface area contributed by atoms with Crippen LogP contribution >= 0.6 is 0 Å². The molecule has 0 saturated heterocycles. The van der Waals surface area contributed by atoms with E-state index in [9.17, 15) is 8.42 Å². The lowest BCUT2D eigenvalue weighted by atomic mass is 10.2. The third-order valence-corrected chi connectivity index (χ3v) is 5.37. The molecule has 4 aromatic rings. The maximum Gasteiger partial charge on any atom is 0.339 e. The molecule has 0 saturated carbocycles. The molecule has 0 atom stereocenters.